The van der Waals surface area contributed by atoms with Crippen LogP contribution in [-0.4, -0.2) is 39.3 Å². The topological polar surface area (TPSA) is 113 Å². The van der Waals surface area contributed by atoms with Crippen LogP contribution in [0.2, 0.25) is 0 Å². The van der Waals surface area contributed by atoms with Gasteiger partial charge in [-0.15, -0.1) is 0 Å². The molecule has 0 fully saturated rings. The molecular formula is C15H21N5O3. The maximum Gasteiger partial charge on any atom is 0.253 e. The predicted octanol–water partition coefficient (Wildman–Crippen LogP) is 1.31. The Morgan fingerprint density at radius 2 is 2.22 bits per heavy atom. The summed E-state index contributed by atoms with van der Waals surface area (Å²) in [4.78, 5) is 20.4. The number of carbonyl (C=O) groups is 1. The van der Waals surface area contributed by atoms with Crippen molar-refractivity contribution in [1.29, 1.82) is 0 Å². The molecule has 0 saturated carbocycles. The second-order valence-corrected chi connectivity index (χ2v) is 5.32. The SMILES string of the molecule is CC(C)c1nc(CNC(=O)c2ccc(NCCCO)nc2)no1. The molecule has 0 unspecified atom stereocenters. The molecule has 0 bridgehead atoms. The number of nitrogens with zero attached hydrogens (tertiary/aromatic N) is 3. The highest BCUT2D eigenvalue weighted by Crippen LogP contribution is 2.11. The molecule has 8 heteroatoms. The van der Waals surface area contributed by atoms with E-state index in [0.29, 0.717) is 36.1 Å². The summed E-state index contributed by atoms with van der Waals surface area (Å²) in [7, 11) is 0. The van der Waals surface area contributed by atoms with Crippen LogP contribution in [0, 0.1) is 0 Å². The Morgan fingerprint density at radius 1 is 1.39 bits per heavy atom. The van der Waals surface area contributed by atoms with Crippen LogP contribution in [0.4, 0.5) is 5.82 Å². The fourth-order valence-corrected chi connectivity index (χ4v) is 1.76. The van der Waals surface area contributed by atoms with E-state index in [4.69, 9.17) is 9.63 Å². The number of hydrogen-bond acceptors (Lipinski definition) is 7. The molecule has 0 spiro atoms. The van der Waals surface area contributed by atoms with Crippen molar-refractivity contribution in [3.05, 3.63) is 35.6 Å². The monoisotopic (exact) mass is 319 g/mol. The number of pyridine rings is 1. The molecule has 2 heterocycles. The van der Waals surface area contributed by atoms with Crippen molar-refractivity contribution in [3.8, 4) is 0 Å². The van der Waals surface area contributed by atoms with Gasteiger partial charge in [-0.2, -0.15) is 4.98 Å². The van der Waals surface area contributed by atoms with Crippen molar-refractivity contribution in [2.45, 2.75) is 32.7 Å². The van der Waals surface area contributed by atoms with Crippen molar-refractivity contribution in [2.75, 3.05) is 18.5 Å². The Morgan fingerprint density at radius 3 is 2.83 bits per heavy atom. The molecule has 124 valence electrons. The second kappa shape index (κ2) is 8.23. The van der Waals surface area contributed by atoms with Gasteiger partial charge in [0, 0.05) is 25.3 Å². The number of hydrogen-bond donors (Lipinski definition) is 3. The van der Waals surface area contributed by atoms with Crippen molar-refractivity contribution in [3.63, 3.8) is 0 Å². The molecular weight excluding hydrogens is 298 g/mol. The fraction of sp³-hybridized carbons (Fsp3) is 0.467. The summed E-state index contributed by atoms with van der Waals surface area (Å²) in [5, 5.41) is 18.3. The standard InChI is InChI=1S/C15H21N5O3/c1-10(2)15-19-13(20-23-15)9-18-14(22)11-4-5-12(17-8-11)16-6-3-7-21/h4-5,8,10,21H,3,6-7,9H2,1-2H3,(H,16,17)(H,18,22). The average Bonchev–Trinajstić information content (AvgIpc) is 3.03. The minimum absolute atomic E-state index is 0.127. The van der Waals surface area contributed by atoms with E-state index in [9.17, 15) is 4.79 Å². The first-order valence-electron chi connectivity index (χ1n) is 7.51. The zero-order valence-corrected chi connectivity index (χ0v) is 13.2. The summed E-state index contributed by atoms with van der Waals surface area (Å²) in [6.07, 6.45) is 2.14. The van der Waals surface area contributed by atoms with Gasteiger partial charge in [0.2, 0.25) is 5.89 Å². The molecule has 3 N–H and O–H groups in total. The smallest absolute Gasteiger partial charge is 0.253 e. The van der Waals surface area contributed by atoms with Crippen LogP contribution >= 0.6 is 0 Å². The summed E-state index contributed by atoms with van der Waals surface area (Å²) in [5.41, 5.74) is 0.449. The first-order valence-corrected chi connectivity index (χ1v) is 7.51. The number of aromatic nitrogens is 3. The Balaban J connectivity index is 1.85. The third kappa shape index (κ3) is 5.03. The summed E-state index contributed by atoms with van der Waals surface area (Å²) in [6, 6.07) is 3.40. The fourth-order valence-electron chi connectivity index (χ4n) is 1.76. The number of anilines is 1. The lowest BCUT2D eigenvalue weighted by atomic mass is 10.2. The number of amides is 1. The van der Waals surface area contributed by atoms with Crippen LogP contribution in [-0.2, 0) is 6.54 Å². The molecule has 0 aromatic carbocycles. The Labute approximate surface area is 134 Å². The molecule has 0 atom stereocenters. The minimum Gasteiger partial charge on any atom is -0.396 e. The molecule has 0 aliphatic heterocycles. The Hall–Kier alpha value is -2.48. The predicted molar refractivity (Wildman–Crippen MR) is 84.0 cm³/mol. The first-order chi connectivity index (χ1) is 11.1. The lowest BCUT2D eigenvalue weighted by Crippen LogP contribution is -2.23. The van der Waals surface area contributed by atoms with Crippen molar-refractivity contribution >= 4 is 11.7 Å². The highest BCUT2D eigenvalue weighted by atomic mass is 16.5. The zero-order chi connectivity index (χ0) is 16.7. The van der Waals surface area contributed by atoms with Gasteiger partial charge in [0.1, 0.15) is 5.82 Å². The summed E-state index contributed by atoms with van der Waals surface area (Å²) < 4.78 is 5.08. The van der Waals surface area contributed by atoms with E-state index in [1.807, 2.05) is 13.8 Å². The van der Waals surface area contributed by atoms with Crippen LogP contribution in [0.25, 0.3) is 0 Å². The molecule has 2 aromatic rings. The van der Waals surface area contributed by atoms with Gasteiger partial charge in [-0.05, 0) is 18.6 Å². The molecule has 8 nitrogen and oxygen atoms in total. The highest BCUT2D eigenvalue weighted by Gasteiger charge is 2.11. The third-order valence-electron chi connectivity index (χ3n) is 3.05. The van der Waals surface area contributed by atoms with Crippen LogP contribution < -0.4 is 10.6 Å². The van der Waals surface area contributed by atoms with Gasteiger partial charge in [-0.1, -0.05) is 19.0 Å². The van der Waals surface area contributed by atoms with Gasteiger partial charge in [-0.25, -0.2) is 4.98 Å². The van der Waals surface area contributed by atoms with E-state index in [0.717, 1.165) is 0 Å². The maximum atomic E-state index is 12.0. The normalized spacial score (nSPS) is 10.8. The van der Waals surface area contributed by atoms with Crippen LogP contribution in [0.3, 0.4) is 0 Å². The molecule has 1 amide bonds. The van der Waals surface area contributed by atoms with Crippen LogP contribution in [0.5, 0.6) is 0 Å². The first kappa shape index (κ1) is 16.9. The molecule has 0 aliphatic carbocycles. The van der Waals surface area contributed by atoms with Gasteiger partial charge < -0.3 is 20.3 Å². The number of carbonyl (C=O) groups excluding carboxylic acids is 1. The number of aliphatic hydroxyl groups is 1. The van der Waals surface area contributed by atoms with E-state index in [1.165, 1.54) is 6.20 Å². The highest BCUT2D eigenvalue weighted by molar-refractivity contribution is 5.93. The number of rotatable bonds is 8. The van der Waals surface area contributed by atoms with Gasteiger partial charge >= 0.3 is 0 Å². The summed E-state index contributed by atoms with van der Waals surface area (Å²) >= 11 is 0. The Kier molecular flexibility index (Phi) is 6.04. The summed E-state index contributed by atoms with van der Waals surface area (Å²) in [5.74, 6) is 1.55. The molecule has 0 radical (unpaired) electrons. The second-order valence-electron chi connectivity index (χ2n) is 5.32. The Bertz CT molecular complexity index is 624. The maximum absolute atomic E-state index is 12.0. The van der Waals surface area contributed by atoms with Crippen LogP contribution in [0.15, 0.2) is 22.9 Å². The van der Waals surface area contributed by atoms with E-state index >= 15 is 0 Å². The number of nitrogens with one attached hydrogen (secondary N) is 2. The van der Waals surface area contributed by atoms with Gasteiger partial charge in [0.05, 0.1) is 12.1 Å². The zero-order valence-electron chi connectivity index (χ0n) is 13.2. The van der Waals surface area contributed by atoms with E-state index in [2.05, 4.69) is 25.8 Å². The average molecular weight is 319 g/mol. The molecule has 2 aromatic heterocycles. The van der Waals surface area contributed by atoms with E-state index in [-0.39, 0.29) is 25.0 Å². The van der Waals surface area contributed by atoms with Crippen molar-refractivity contribution < 1.29 is 14.4 Å². The third-order valence-corrected chi connectivity index (χ3v) is 3.05. The minimum atomic E-state index is -0.254. The molecule has 0 saturated heterocycles. The number of aliphatic hydroxyl groups excluding tert-OH is 1. The van der Waals surface area contributed by atoms with Gasteiger partial charge in [0.15, 0.2) is 5.82 Å². The van der Waals surface area contributed by atoms with Gasteiger partial charge in [-0.3, -0.25) is 4.79 Å². The summed E-state index contributed by atoms with van der Waals surface area (Å²) in [6.45, 7) is 4.87. The van der Waals surface area contributed by atoms with Gasteiger partial charge in [0.25, 0.3) is 5.91 Å². The quantitative estimate of drug-likeness (QED) is 0.629. The molecule has 2 rings (SSSR count). The lowest BCUT2D eigenvalue weighted by molar-refractivity contribution is 0.0949. The molecule has 0 aliphatic rings. The van der Waals surface area contributed by atoms with Crippen molar-refractivity contribution in [2.24, 2.45) is 0 Å². The largest absolute Gasteiger partial charge is 0.396 e. The lowest BCUT2D eigenvalue weighted by Gasteiger charge is -2.06. The van der Waals surface area contributed by atoms with E-state index in [1.54, 1.807) is 12.1 Å². The van der Waals surface area contributed by atoms with Crippen molar-refractivity contribution in [1.82, 2.24) is 20.4 Å². The van der Waals surface area contributed by atoms with E-state index < -0.39 is 0 Å². The van der Waals surface area contributed by atoms with Crippen LogP contribution in [0.1, 0.15) is 48.3 Å². The molecule has 23 heavy (non-hydrogen) atoms.